The smallest absolute Gasteiger partial charge is 0.324 e. The zero-order chi connectivity index (χ0) is 18.4. The lowest BCUT2D eigenvalue weighted by atomic mass is 9.84. The molecule has 0 aliphatic heterocycles. The zero-order valence-electron chi connectivity index (χ0n) is 14.9. The van der Waals surface area contributed by atoms with Crippen LogP contribution in [0.3, 0.4) is 0 Å². The van der Waals surface area contributed by atoms with Gasteiger partial charge in [0.1, 0.15) is 0 Å². The molecule has 0 radical (unpaired) electrons. The van der Waals surface area contributed by atoms with Crippen molar-refractivity contribution in [1.29, 1.82) is 0 Å². The minimum absolute atomic E-state index is 0. The lowest BCUT2D eigenvalue weighted by Crippen LogP contribution is -2.44. The fraction of sp³-hybridized carbons (Fsp3) is 0.368. The maximum absolute atomic E-state index is 12.5. The van der Waals surface area contributed by atoms with E-state index in [0.717, 1.165) is 19.3 Å². The SMILES string of the molecule is Cl.NCC1CCCCC1NC(=O)c1ccc(NC(=O)Nc2ccccc2)s1. The molecule has 1 heterocycles. The van der Waals surface area contributed by atoms with Gasteiger partial charge in [0.2, 0.25) is 0 Å². The predicted octanol–water partition coefficient (Wildman–Crippen LogP) is 4.06. The second-order valence-corrected chi connectivity index (χ2v) is 7.55. The van der Waals surface area contributed by atoms with E-state index in [9.17, 15) is 9.59 Å². The number of thiophene rings is 1. The molecule has 6 nitrogen and oxygen atoms in total. The maximum Gasteiger partial charge on any atom is 0.324 e. The predicted molar refractivity (Wildman–Crippen MR) is 113 cm³/mol. The Morgan fingerprint density at radius 2 is 1.78 bits per heavy atom. The largest absolute Gasteiger partial charge is 0.348 e. The van der Waals surface area contributed by atoms with Gasteiger partial charge in [-0.15, -0.1) is 23.7 Å². The Morgan fingerprint density at radius 1 is 1.04 bits per heavy atom. The number of nitrogens with one attached hydrogen (secondary N) is 3. The molecule has 2 aromatic rings. The van der Waals surface area contributed by atoms with Gasteiger partial charge in [0.25, 0.3) is 5.91 Å². The highest BCUT2D eigenvalue weighted by atomic mass is 35.5. The Hall–Kier alpha value is -2.09. The number of rotatable bonds is 5. The highest BCUT2D eigenvalue weighted by Gasteiger charge is 2.26. The Balaban J connectivity index is 0.00000261. The van der Waals surface area contributed by atoms with E-state index in [4.69, 9.17) is 5.73 Å². The van der Waals surface area contributed by atoms with E-state index >= 15 is 0 Å². The van der Waals surface area contributed by atoms with Crippen molar-refractivity contribution in [1.82, 2.24) is 5.32 Å². The molecule has 1 aliphatic carbocycles. The molecule has 0 saturated heterocycles. The molecule has 1 aromatic heterocycles. The van der Waals surface area contributed by atoms with Crippen molar-refractivity contribution in [3.63, 3.8) is 0 Å². The summed E-state index contributed by atoms with van der Waals surface area (Å²) in [6, 6.07) is 12.5. The molecule has 2 unspecified atom stereocenters. The van der Waals surface area contributed by atoms with Crippen LogP contribution in [-0.2, 0) is 0 Å². The van der Waals surface area contributed by atoms with Crippen LogP contribution < -0.4 is 21.7 Å². The minimum atomic E-state index is -0.333. The van der Waals surface area contributed by atoms with Gasteiger partial charge in [-0.25, -0.2) is 4.79 Å². The van der Waals surface area contributed by atoms with Gasteiger partial charge in [-0.3, -0.25) is 10.1 Å². The van der Waals surface area contributed by atoms with Gasteiger partial charge >= 0.3 is 6.03 Å². The second-order valence-electron chi connectivity index (χ2n) is 6.47. The summed E-state index contributed by atoms with van der Waals surface area (Å²) in [4.78, 5) is 25.1. The number of anilines is 2. The zero-order valence-corrected chi connectivity index (χ0v) is 16.6. The van der Waals surface area contributed by atoms with Crippen LogP contribution in [0.25, 0.3) is 0 Å². The minimum Gasteiger partial charge on any atom is -0.348 e. The molecule has 27 heavy (non-hydrogen) atoms. The number of amides is 3. The van der Waals surface area contributed by atoms with Crippen LogP contribution in [0, 0.1) is 5.92 Å². The van der Waals surface area contributed by atoms with Crippen LogP contribution in [0.4, 0.5) is 15.5 Å². The third-order valence-electron chi connectivity index (χ3n) is 4.63. The average Bonchev–Trinajstić information content (AvgIpc) is 3.11. The van der Waals surface area contributed by atoms with E-state index < -0.39 is 0 Å². The highest BCUT2D eigenvalue weighted by molar-refractivity contribution is 7.18. The molecular weight excluding hydrogens is 384 g/mol. The third kappa shape index (κ3) is 5.95. The quantitative estimate of drug-likeness (QED) is 0.600. The number of hydrogen-bond donors (Lipinski definition) is 4. The van der Waals surface area contributed by atoms with E-state index in [1.165, 1.54) is 17.8 Å². The van der Waals surface area contributed by atoms with E-state index in [1.54, 1.807) is 12.1 Å². The van der Waals surface area contributed by atoms with Crippen molar-refractivity contribution in [3.8, 4) is 0 Å². The molecule has 1 aliphatic rings. The van der Waals surface area contributed by atoms with Crippen LogP contribution in [0.2, 0.25) is 0 Å². The summed E-state index contributed by atoms with van der Waals surface area (Å²) < 4.78 is 0. The molecule has 1 aromatic carbocycles. The fourth-order valence-electron chi connectivity index (χ4n) is 3.24. The van der Waals surface area contributed by atoms with Crippen molar-refractivity contribution in [3.05, 3.63) is 47.3 Å². The Labute approximate surface area is 169 Å². The maximum atomic E-state index is 12.5. The number of hydrogen-bond acceptors (Lipinski definition) is 4. The number of carbonyl (C=O) groups is 2. The third-order valence-corrected chi connectivity index (χ3v) is 5.63. The number of carbonyl (C=O) groups excluding carboxylic acids is 2. The molecule has 1 saturated carbocycles. The molecule has 5 N–H and O–H groups in total. The molecular formula is C19H25ClN4O2S. The average molecular weight is 409 g/mol. The van der Waals surface area contributed by atoms with Crippen molar-refractivity contribution in [2.24, 2.45) is 11.7 Å². The molecule has 8 heteroatoms. The molecule has 3 amide bonds. The first-order valence-electron chi connectivity index (χ1n) is 8.89. The first kappa shape index (κ1) is 21.2. The topological polar surface area (TPSA) is 96.2 Å². The summed E-state index contributed by atoms with van der Waals surface area (Å²) in [5, 5.41) is 9.24. The number of para-hydroxylation sites is 1. The normalized spacial score (nSPS) is 18.9. The van der Waals surface area contributed by atoms with E-state index in [-0.39, 0.29) is 30.4 Å². The fourth-order valence-corrected chi connectivity index (χ4v) is 4.05. The monoisotopic (exact) mass is 408 g/mol. The van der Waals surface area contributed by atoms with Crippen LogP contribution in [0.5, 0.6) is 0 Å². The number of nitrogens with two attached hydrogens (primary N) is 1. The van der Waals surface area contributed by atoms with Crippen LogP contribution in [0.1, 0.15) is 35.4 Å². The molecule has 0 spiro atoms. The Kier molecular flexibility index (Phi) is 8.09. The summed E-state index contributed by atoms with van der Waals surface area (Å²) in [6.45, 7) is 0.599. The molecule has 1 fully saturated rings. The molecule has 0 bridgehead atoms. The van der Waals surface area contributed by atoms with Gasteiger partial charge in [0, 0.05) is 11.7 Å². The van der Waals surface area contributed by atoms with Crippen molar-refractivity contribution >= 4 is 46.4 Å². The Bertz CT molecular complexity index is 753. The van der Waals surface area contributed by atoms with Gasteiger partial charge in [-0.05, 0) is 49.6 Å². The number of benzene rings is 1. The van der Waals surface area contributed by atoms with Gasteiger partial charge < -0.3 is 16.4 Å². The van der Waals surface area contributed by atoms with Crippen LogP contribution in [-0.4, -0.2) is 24.5 Å². The molecule has 146 valence electrons. The molecule has 2 atom stereocenters. The van der Waals surface area contributed by atoms with E-state index in [1.807, 2.05) is 30.3 Å². The van der Waals surface area contributed by atoms with Crippen molar-refractivity contribution < 1.29 is 9.59 Å². The van der Waals surface area contributed by atoms with Crippen LogP contribution >= 0.6 is 23.7 Å². The highest BCUT2D eigenvalue weighted by Crippen LogP contribution is 2.26. The summed E-state index contributed by atoms with van der Waals surface area (Å²) in [7, 11) is 0. The van der Waals surface area contributed by atoms with Crippen LogP contribution in [0.15, 0.2) is 42.5 Å². The first-order chi connectivity index (χ1) is 12.7. The van der Waals surface area contributed by atoms with Gasteiger partial charge in [0.15, 0.2) is 0 Å². The van der Waals surface area contributed by atoms with Gasteiger partial charge in [-0.1, -0.05) is 31.0 Å². The van der Waals surface area contributed by atoms with Crippen molar-refractivity contribution in [2.75, 3.05) is 17.2 Å². The lowest BCUT2D eigenvalue weighted by Gasteiger charge is -2.31. The summed E-state index contributed by atoms with van der Waals surface area (Å²) >= 11 is 1.26. The van der Waals surface area contributed by atoms with Gasteiger partial charge in [0.05, 0.1) is 9.88 Å². The number of halogens is 1. The van der Waals surface area contributed by atoms with Gasteiger partial charge in [-0.2, -0.15) is 0 Å². The Morgan fingerprint density at radius 3 is 2.52 bits per heavy atom. The van der Waals surface area contributed by atoms with E-state index in [0.29, 0.717) is 28.0 Å². The van der Waals surface area contributed by atoms with E-state index in [2.05, 4.69) is 16.0 Å². The standard InChI is InChI=1S/C19H24N4O2S.ClH/c20-12-13-6-4-5-9-15(13)22-18(24)16-10-11-17(26-16)23-19(25)21-14-7-2-1-3-8-14;/h1-3,7-8,10-11,13,15H,4-6,9,12,20H2,(H,22,24)(H2,21,23,25);1H. The lowest BCUT2D eigenvalue weighted by molar-refractivity contribution is 0.0912. The second kappa shape index (κ2) is 10.3. The molecule has 3 rings (SSSR count). The first-order valence-corrected chi connectivity index (χ1v) is 9.71. The summed E-state index contributed by atoms with van der Waals surface area (Å²) in [5.74, 6) is 0.249. The van der Waals surface area contributed by atoms with Crippen molar-refractivity contribution in [2.45, 2.75) is 31.7 Å². The number of urea groups is 1. The summed E-state index contributed by atoms with van der Waals surface area (Å²) in [5.41, 5.74) is 6.54. The summed E-state index contributed by atoms with van der Waals surface area (Å²) in [6.07, 6.45) is 4.35.